The first kappa shape index (κ1) is 16.1. The first-order valence-corrected chi connectivity index (χ1v) is 8.21. The molecule has 2 fully saturated rings. The largest absolute Gasteiger partial charge is 0.345 e. The lowest BCUT2D eigenvalue weighted by molar-refractivity contribution is -0.192. The Kier molecular flexibility index (Phi) is 4.19. The molecule has 0 amide bonds. The van der Waals surface area contributed by atoms with Crippen LogP contribution >= 0.6 is 31.9 Å². The zero-order chi connectivity index (χ0) is 16.1. The van der Waals surface area contributed by atoms with Crippen LogP contribution in [0, 0.1) is 0 Å². The van der Waals surface area contributed by atoms with Crippen molar-refractivity contribution in [2.75, 3.05) is 0 Å². The van der Waals surface area contributed by atoms with Crippen molar-refractivity contribution in [1.82, 2.24) is 9.55 Å². The molecule has 1 N–H and O–H groups in total. The molecule has 120 valence electrons. The lowest BCUT2D eigenvalue weighted by atomic mass is 10.1. The van der Waals surface area contributed by atoms with E-state index in [0.717, 1.165) is 0 Å². The molecule has 0 aliphatic carbocycles. The fraction of sp³-hybridized carbons (Fsp3) is 0.538. The second kappa shape index (κ2) is 5.72. The normalized spacial score (nSPS) is 32.7. The Morgan fingerprint density at radius 2 is 2.00 bits per heavy atom. The van der Waals surface area contributed by atoms with Gasteiger partial charge in [-0.25, -0.2) is 4.79 Å². The summed E-state index contributed by atoms with van der Waals surface area (Å²) >= 11 is 6.59. The van der Waals surface area contributed by atoms with E-state index in [1.165, 1.54) is 16.8 Å². The van der Waals surface area contributed by atoms with Crippen molar-refractivity contribution in [1.29, 1.82) is 0 Å². The van der Waals surface area contributed by atoms with Crippen LogP contribution in [0.25, 0.3) is 0 Å². The van der Waals surface area contributed by atoms with E-state index >= 15 is 0 Å². The molecule has 0 spiro atoms. The van der Waals surface area contributed by atoms with Crippen molar-refractivity contribution >= 4 is 31.9 Å². The van der Waals surface area contributed by atoms with E-state index in [-0.39, 0.29) is 6.10 Å². The molecule has 22 heavy (non-hydrogen) atoms. The summed E-state index contributed by atoms with van der Waals surface area (Å²) in [4.78, 5) is 25.4. The third kappa shape index (κ3) is 3.00. The highest BCUT2D eigenvalue weighted by molar-refractivity contribution is 9.28. The second-order valence-corrected chi connectivity index (χ2v) is 8.30. The van der Waals surface area contributed by atoms with Gasteiger partial charge in [-0.1, -0.05) is 0 Å². The van der Waals surface area contributed by atoms with Gasteiger partial charge < -0.3 is 14.2 Å². The maximum absolute atomic E-state index is 12.0. The average Bonchev–Trinajstić information content (AvgIpc) is 2.84. The van der Waals surface area contributed by atoms with Crippen molar-refractivity contribution in [3.05, 3.63) is 42.6 Å². The summed E-state index contributed by atoms with van der Waals surface area (Å²) in [6.45, 7) is 3.62. The van der Waals surface area contributed by atoms with Crippen LogP contribution in [0.15, 0.2) is 31.3 Å². The van der Waals surface area contributed by atoms with Gasteiger partial charge in [-0.3, -0.25) is 14.3 Å². The summed E-state index contributed by atoms with van der Waals surface area (Å²) in [5.74, 6) is -0.770. The monoisotopic (exact) mass is 436 g/mol. The van der Waals surface area contributed by atoms with Crippen LogP contribution in [0.2, 0.25) is 0 Å². The van der Waals surface area contributed by atoms with Crippen LogP contribution < -0.4 is 11.2 Å². The van der Waals surface area contributed by atoms with Crippen molar-refractivity contribution in [3.63, 3.8) is 0 Å². The number of nitrogens with zero attached hydrogens (tertiary/aromatic N) is 1. The van der Waals surface area contributed by atoms with E-state index in [4.69, 9.17) is 14.2 Å². The molecule has 3 heterocycles. The smallest absolute Gasteiger partial charge is 0.330 e. The first-order valence-electron chi connectivity index (χ1n) is 6.62. The van der Waals surface area contributed by atoms with Gasteiger partial charge in [-0.05, 0) is 51.8 Å². The van der Waals surface area contributed by atoms with Crippen molar-refractivity contribution in [3.8, 4) is 0 Å². The SMILES string of the molecule is CC1(C)O[C@@H]2[C@H](O1)[C@@H](C=C(Br)Br)O[C@H]2n1ccc(=O)[nH]c1=O. The number of H-pyrrole nitrogens is 1. The highest BCUT2D eigenvalue weighted by Crippen LogP contribution is 2.43. The molecule has 0 bridgehead atoms. The third-order valence-corrected chi connectivity index (χ3v) is 4.01. The molecule has 7 nitrogen and oxygen atoms in total. The maximum Gasteiger partial charge on any atom is 0.330 e. The lowest BCUT2D eigenvalue weighted by Crippen LogP contribution is -2.37. The summed E-state index contributed by atoms with van der Waals surface area (Å²) in [7, 11) is 0. The number of nitrogens with one attached hydrogen (secondary N) is 1. The predicted octanol–water partition coefficient (Wildman–Crippen LogP) is 1.59. The van der Waals surface area contributed by atoms with Crippen molar-refractivity contribution in [2.45, 2.75) is 44.2 Å². The number of halogens is 2. The van der Waals surface area contributed by atoms with Crippen LogP contribution in [0.3, 0.4) is 0 Å². The maximum atomic E-state index is 12.0. The molecular formula is C13H14Br2N2O5. The molecule has 1 aromatic heterocycles. The minimum absolute atomic E-state index is 0.357. The van der Waals surface area contributed by atoms with E-state index < -0.39 is 35.5 Å². The summed E-state index contributed by atoms with van der Waals surface area (Å²) in [5, 5.41) is 0. The van der Waals surface area contributed by atoms with Crippen LogP contribution in [0.4, 0.5) is 0 Å². The van der Waals surface area contributed by atoms with E-state index in [1.807, 2.05) is 13.8 Å². The minimum Gasteiger partial charge on any atom is -0.345 e. The van der Waals surface area contributed by atoms with Crippen molar-refractivity contribution < 1.29 is 14.2 Å². The van der Waals surface area contributed by atoms with Crippen LogP contribution in [-0.2, 0) is 14.2 Å². The van der Waals surface area contributed by atoms with Gasteiger partial charge in [-0.2, -0.15) is 0 Å². The van der Waals surface area contributed by atoms with Gasteiger partial charge in [0.05, 0.1) is 3.39 Å². The Bertz CT molecular complexity index is 722. The number of aromatic nitrogens is 2. The fourth-order valence-corrected chi connectivity index (χ4v) is 3.24. The summed E-state index contributed by atoms with van der Waals surface area (Å²) in [5.41, 5.74) is -1.01. The highest BCUT2D eigenvalue weighted by Gasteiger charge is 2.55. The van der Waals surface area contributed by atoms with Gasteiger partial charge in [0.1, 0.15) is 18.3 Å². The highest BCUT2D eigenvalue weighted by atomic mass is 79.9. The number of hydrogen-bond acceptors (Lipinski definition) is 5. The summed E-state index contributed by atoms with van der Waals surface area (Å²) in [6, 6.07) is 1.27. The number of hydrogen-bond donors (Lipinski definition) is 1. The molecule has 2 saturated heterocycles. The van der Waals surface area contributed by atoms with Crippen molar-refractivity contribution in [2.24, 2.45) is 0 Å². The van der Waals surface area contributed by atoms with E-state index in [9.17, 15) is 9.59 Å². The molecule has 0 unspecified atom stereocenters. The Morgan fingerprint density at radius 3 is 2.64 bits per heavy atom. The van der Waals surface area contributed by atoms with Crippen LogP contribution in [0.1, 0.15) is 20.1 Å². The summed E-state index contributed by atoms with van der Waals surface area (Å²) < 4.78 is 19.7. The second-order valence-electron chi connectivity index (χ2n) is 5.53. The van der Waals surface area contributed by atoms with E-state index in [0.29, 0.717) is 3.39 Å². The molecule has 3 rings (SSSR count). The molecule has 2 aliphatic rings. The fourth-order valence-electron chi connectivity index (χ4n) is 2.72. The molecule has 1 aromatic rings. The Morgan fingerprint density at radius 1 is 1.32 bits per heavy atom. The number of aromatic amines is 1. The van der Waals surface area contributed by atoms with Gasteiger partial charge in [0.15, 0.2) is 12.0 Å². The van der Waals surface area contributed by atoms with Crippen LogP contribution in [0.5, 0.6) is 0 Å². The molecule has 9 heteroatoms. The zero-order valence-electron chi connectivity index (χ0n) is 11.8. The molecule has 4 atom stereocenters. The molecule has 0 saturated carbocycles. The molecule has 2 aliphatic heterocycles. The topological polar surface area (TPSA) is 82.6 Å². The number of fused-ring (bicyclic) bond motifs is 1. The quantitative estimate of drug-likeness (QED) is 0.759. The Balaban J connectivity index is 2.00. The standard InChI is InChI=1S/C13H14Br2N2O5/c1-13(2)21-9-6(5-7(14)15)20-11(10(9)22-13)17-4-3-8(18)16-12(17)19/h3-6,9-11H,1-2H3,(H,16,18,19)/t6-,9-,10-,11-/m1/s1. The third-order valence-electron chi connectivity index (χ3n) is 3.48. The lowest BCUT2D eigenvalue weighted by Gasteiger charge is -2.24. The number of ether oxygens (including phenoxy) is 3. The average molecular weight is 438 g/mol. The number of rotatable bonds is 2. The predicted molar refractivity (Wildman–Crippen MR) is 85.0 cm³/mol. The molecule has 0 radical (unpaired) electrons. The zero-order valence-corrected chi connectivity index (χ0v) is 15.0. The summed E-state index contributed by atoms with van der Waals surface area (Å²) in [6.07, 6.45) is 1.29. The molecule has 0 aromatic carbocycles. The van der Waals surface area contributed by atoms with E-state index in [2.05, 4.69) is 36.8 Å². The molecular weight excluding hydrogens is 424 g/mol. The van der Waals surface area contributed by atoms with Gasteiger partial charge in [0.25, 0.3) is 5.56 Å². The Labute approximate surface area is 142 Å². The minimum atomic E-state index is -0.770. The van der Waals surface area contributed by atoms with Gasteiger partial charge >= 0.3 is 5.69 Å². The first-order chi connectivity index (χ1) is 10.3. The Hall–Kier alpha value is -0.740. The van der Waals surface area contributed by atoms with Crippen LogP contribution in [-0.4, -0.2) is 33.7 Å². The van der Waals surface area contributed by atoms with Gasteiger partial charge in [-0.15, -0.1) is 0 Å². The van der Waals surface area contributed by atoms with E-state index in [1.54, 1.807) is 6.08 Å². The van der Waals surface area contributed by atoms with Gasteiger partial charge in [0.2, 0.25) is 0 Å². The van der Waals surface area contributed by atoms with Gasteiger partial charge in [0, 0.05) is 12.3 Å².